The highest BCUT2D eigenvalue weighted by molar-refractivity contribution is 7.80. The number of thiocarbonyl (C=S) groups is 1. The maximum absolute atomic E-state index is 6.96. The predicted molar refractivity (Wildman–Crippen MR) is 168 cm³/mol. The van der Waals surface area contributed by atoms with Crippen molar-refractivity contribution in [2.24, 2.45) is 11.8 Å². The third-order valence-electron chi connectivity index (χ3n) is 7.89. The molecule has 0 amide bonds. The van der Waals surface area contributed by atoms with Gasteiger partial charge in [0.05, 0.1) is 22.4 Å². The van der Waals surface area contributed by atoms with E-state index in [0.29, 0.717) is 22.0 Å². The number of aromatic nitrogens is 1. The van der Waals surface area contributed by atoms with Crippen LogP contribution in [0.4, 0.5) is 11.4 Å². The molecular weight excluding hydrogens is 559 g/mol. The number of hydrogen-bond acceptors (Lipinski definition) is 4. The molecule has 2 aliphatic heterocycles. The first-order valence-corrected chi connectivity index (χ1v) is 14.9. The van der Waals surface area contributed by atoms with Crippen LogP contribution >= 0.6 is 35.4 Å². The number of hydrogen-bond donors (Lipinski definition) is 1. The number of furan rings is 1. The Morgan fingerprint density at radius 3 is 2.45 bits per heavy atom. The average molecular weight is 592 g/mol. The minimum atomic E-state index is -0.269. The quantitative estimate of drug-likeness (QED) is 0.235. The molecule has 8 heteroatoms. The first kappa shape index (κ1) is 27.1. The van der Waals surface area contributed by atoms with E-state index in [0.717, 1.165) is 57.8 Å². The van der Waals surface area contributed by atoms with E-state index in [2.05, 4.69) is 46.1 Å². The van der Waals surface area contributed by atoms with Crippen molar-refractivity contribution < 1.29 is 4.42 Å². The molecule has 2 aromatic carbocycles. The van der Waals surface area contributed by atoms with Gasteiger partial charge in [0.25, 0.3) is 0 Å². The second kappa shape index (κ2) is 11.1. The van der Waals surface area contributed by atoms with Crippen LogP contribution in [0.1, 0.15) is 49.4 Å². The summed E-state index contributed by atoms with van der Waals surface area (Å²) in [7, 11) is 0. The van der Waals surface area contributed by atoms with Gasteiger partial charge in [-0.1, -0.05) is 55.2 Å². The summed E-state index contributed by atoms with van der Waals surface area (Å²) in [5, 5.41) is 5.53. The van der Waals surface area contributed by atoms with Crippen molar-refractivity contribution in [1.82, 2.24) is 10.3 Å². The molecule has 0 aliphatic carbocycles. The van der Waals surface area contributed by atoms with Gasteiger partial charge in [0, 0.05) is 35.6 Å². The molecule has 4 atom stereocenters. The number of rotatable bonds is 5. The Morgan fingerprint density at radius 2 is 1.75 bits per heavy atom. The van der Waals surface area contributed by atoms with Crippen molar-refractivity contribution in [1.29, 1.82) is 0 Å². The Morgan fingerprint density at radius 1 is 0.950 bits per heavy atom. The first-order chi connectivity index (χ1) is 19.3. The Bertz CT molecular complexity index is 1530. The molecule has 2 fully saturated rings. The molecule has 1 N–H and O–H groups in total. The summed E-state index contributed by atoms with van der Waals surface area (Å²) in [6.45, 7) is 8.63. The fourth-order valence-electron chi connectivity index (χ4n) is 6.10. The molecule has 206 valence electrons. The summed E-state index contributed by atoms with van der Waals surface area (Å²) < 4.78 is 6.50. The fourth-order valence-corrected chi connectivity index (χ4v) is 6.92. The molecule has 2 saturated heterocycles. The molecule has 40 heavy (non-hydrogen) atoms. The van der Waals surface area contributed by atoms with Gasteiger partial charge >= 0.3 is 0 Å². The van der Waals surface area contributed by atoms with Crippen LogP contribution in [-0.4, -0.2) is 23.2 Å². The minimum Gasteiger partial charge on any atom is -0.459 e. The molecule has 0 spiro atoms. The number of anilines is 2. The van der Waals surface area contributed by atoms with Gasteiger partial charge in [-0.15, -0.1) is 0 Å². The lowest BCUT2D eigenvalue weighted by atomic mass is 9.91. The van der Waals surface area contributed by atoms with E-state index in [1.54, 1.807) is 6.20 Å². The largest absolute Gasteiger partial charge is 0.459 e. The lowest BCUT2D eigenvalue weighted by Gasteiger charge is -2.37. The van der Waals surface area contributed by atoms with E-state index in [-0.39, 0.29) is 12.1 Å². The lowest BCUT2D eigenvalue weighted by molar-refractivity contribution is 0.357. The predicted octanol–water partition coefficient (Wildman–Crippen LogP) is 8.62. The number of nitrogens with zero attached hydrogens (tertiary/aromatic N) is 3. The molecule has 5 nitrogen and oxygen atoms in total. The van der Waals surface area contributed by atoms with Crippen molar-refractivity contribution in [2.75, 3.05) is 22.9 Å². The van der Waals surface area contributed by atoms with Crippen molar-refractivity contribution in [2.45, 2.75) is 39.3 Å². The summed E-state index contributed by atoms with van der Waals surface area (Å²) >= 11 is 19.3. The molecule has 4 heterocycles. The highest BCUT2D eigenvalue weighted by atomic mass is 35.5. The Kier molecular flexibility index (Phi) is 7.51. The number of benzene rings is 2. The number of aryl methyl sites for hydroxylation is 1. The van der Waals surface area contributed by atoms with Crippen molar-refractivity contribution in [3.63, 3.8) is 0 Å². The zero-order valence-electron chi connectivity index (χ0n) is 22.8. The van der Waals surface area contributed by atoms with Gasteiger partial charge in [-0.3, -0.25) is 4.98 Å². The number of pyridine rings is 1. The van der Waals surface area contributed by atoms with E-state index < -0.39 is 0 Å². The molecule has 0 radical (unpaired) electrons. The summed E-state index contributed by atoms with van der Waals surface area (Å²) in [4.78, 5) is 9.15. The first-order valence-electron chi connectivity index (χ1n) is 13.7. The molecule has 0 unspecified atom stereocenters. The van der Waals surface area contributed by atoms with Gasteiger partial charge in [-0.05, 0) is 91.5 Å². The maximum Gasteiger partial charge on any atom is 0.174 e. The van der Waals surface area contributed by atoms with Crippen LogP contribution in [-0.2, 0) is 0 Å². The zero-order chi connectivity index (χ0) is 28.0. The maximum atomic E-state index is 6.96. The lowest BCUT2D eigenvalue weighted by Crippen LogP contribution is -2.38. The van der Waals surface area contributed by atoms with Crippen LogP contribution in [0.25, 0.3) is 11.3 Å². The molecule has 2 aliphatic rings. The summed E-state index contributed by atoms with van der Waals surface area (Å²) in [5.41, 5.74) is 4.81. The van der Waals surface area contributed by atoms with Gasteiger partial charge < -0.3 is 19.5 Å². The van der Waals surface area contributed by atoms with Gasteiger partial charge in [-0.25, -0.2) is 0 Å². The molecule has 6 rings (SSSR count). The molecule has 0 saturated carbocycles. The van der Waals surface area contributed by atoms with E-state index in [1.165, 1.54) is 6.42 Å². The highest BCUT2D eigenvalue weighted by Crippen LogP contribution is 2.44. The van der Waals surface area contributed by atoms with E-state index in [1.807, 2.05) is 61.5 Å². The summed E-state index contributed by atoms with van der Waals surface area (Å²) in [6, 6.07) is 21.6. The van der Waals surface area contributed by atoms with Gasteiger partial charge in [0.2, 0.25) is 0 Å². The monoisotopic (exact) mass is 590 g/mol. The van der Waals surface area contributed by atoms with Gasteiger partial charge in [0.15, 0.2) is 5.11 Å². The second-order valence-corrected chi connectivity index (χ2v) is 12.4. The fraction of sp³-hybridized carbons (Fsp3) is 0.312. The number of nitrogens with one attached hydrogen (secondary N) is 1. The zero-order valence-corrected chi connectivity index (χ0v) is 25.1. The second-order valence-electron chi connectivity index (χ2n) is 11.1. The van der Waals surface area contributed by atoms with Crippen LogP contribution in [0.5, 0.6) is 0 Å². The minimum absolute atomic E-state index is 0.212. The third-order valence-corrected chi connectivity index (χ3v) is 8.92. The van der Waals surface area contributed by atoms with Crippen LogP contribution < -0.4 is 15.1 Å². The van der Waals surface area contributed by atoms with E-state index in [9.17, 15) is 0 Å². The van der Waals surface area contributed by atoms with Gasteiger partial charge in [-0.2, -0.15) is 0 Å². The van der Waals surface area contributed by atoms with Crippen LogP contribution in [0, 0.1) is 18.8 Å². The SMILES string of the molecule is Cc1ccc(-c2ccc([C@@H]3[C@@H](c4ccccn4)NC(=S)N3c3ccc(N4C[C@H](C)C[C@H](C)C4)c(Cl)c3)o2)cc1Cl. The standard InChI is InChI=1S/C32H32Cl2N4OS/c1-19-14-20(2)18-37(17-19)27-10-9-23(16-25(27)34)38-31(30(36-32(38)40)26-6-4-5-13-35-26)29-12-11-28(39-29)22-8-7-21(3)24(33)15-22/h4-13,15-16,19-20,30-31H,14,17-18H2,1-3H3,(H,36,40)/t19-,20+,30-,31-/m1/s1. The smallest absolute Gasteiger partial charge is 0.174 e. The summed E-state index contributed by atoms with van der Waals surface area (Å²) in [6.07, 6.45) is 3.05. The Hall–Kier alpha value is -3.06. The Balaban J connectivity index is 1.38. The average Bonchev–Trinajstić information content (AvgIpc) is 3.55. The normalized spacial score (nSPS) is 23.0. The van der Waals surface area contributed by atoms with E-state index >= 15 is 0 Å². The van der Waals surface area contributed by atoms with Crippen LogP contribution in [0.3, 0.4) is 0 Å². The highest BCUT2D eigenvalue weighted by Gasteiger charge is 2.43. The van der Waals surface area contributed by atoms with Gasteiger partial charge in [0.1, 0.15) is 17.6 Å². The van der Waals surface area contributed by atoms with Crippen molar-refractivity contribution in [3.05, 3.63) is 100.0 Å². The molecular formula is C32H32Cl2N4OS. The third kappa shape index (κ3) is 5.20. The van der Waals surface area contributed by atoms with Crippen molar-refractivity contribution >= 4 is 51.9 Å². The molecule has 0 bridgehead atoms. The topological polar surface area (TPSA) is 44.5 Å². The molecule has 4 aromatic rings. The number of piperidine rings is 1. The molecule has 2 aromatic heterocycles. The van der Waals surface area contributed by atoms with Crippen LogP contribution in [0.15, 0.2) is 77.3 Å². The number of halogens is 2. The summed E-state index contributed by atoms with van der Waals surface area (Å²) in [5.74, 6) is 2.79. The van der Waals surface area contributed by atoms with Crippen LogP contribution in [0.2, 0.25) is 10.0 Å². The van der Waals surface area contributed by atoms with Crippen molar-refractivity contribution in [3.8, 4) is 11.3 Å². The Labute approximate surface area is 251 Å². The van der Waals surface area contributed by atoms with E-state index in [4.69, 9.17) is 39.8 Å².